The van der Waals surface area contributed by atoms with Crippen LogP contribution in [0.1, 0.15) is 39.0 Å². The number of sulfonamides is 1. The zero-order valence-corrected chi connectivity index (χ0v) is 9.85. The van der Waals surface area contributed by atoms with E-state index in [1.807, 2.05) is 6.92 Å². The molecule has 15 heavy (non-hydrogen) atoms. The van der Waals surface area contributed by atoms with E-state index in [4.69, 9.17) is 5.11 Å². The summed E-state index contributed by atoms with van der Waals surface area (Å²) in [5.74, 6) is -0.688. The first-order valence-electron chi connectivity index (χ1n) is 5.17. The topological polar surface area (TPSA) is 83.5 Å². The van der Waals surface area contributed by atoms with Gasteiger partial charge in [0.1, 0.15) is 0 Å². The highest BCUT2D eigenvalue weighted by Gasteiger charge is 2.07. The third-order valence-electron chi connectivity index (χ3n) is 1.91. The molecule has 90 valence electrons. The van der Waals surface area contributed by atoms with Crippen molar-refractivity contribution in [2.24, 2.45) is 0 Å². The Balaban J connectivity index is 3.53. The van der Waals surface area contributed by atoms with Crippen molar-refractivity contribution in [1.82, 2.24) is 4.72 Å². The lowest BCUT2D eigenvalue weighted by molar-refractivity contribution is -0.137. The molecule has 6 heteroatoms. The van der Waals surface area contributed by atoms with Gasteiger partial charge in [-0.3, -0.25) is 4.79 Å². The molecule has 0 radical (unpaired) electrons. The molecule has 2 N–H and O–H groups in total. The van der Waals surface area contributed by atoms with E-state index < -0.39 is 16.0 Å². The minimum atomic E-state index is -3.14. The summed E-state index contributed by atoms with van der Waals surface area (Å²) in [6.07, 6.45) is 2.67. The molecule has 0 unspecified atom stereocenters. The number of carboxylic acid groups (broad SMARTS) is 1. The summed E-state index contributed by atoms with van der Waals surface area (Å²) >= 11 is 0. The Morgan fingerprint density at radius 2 is 1.93 bits per heavy atom. The molecule has 0 fully saturated rings. The standard InChI is InChI=1S/C9H19NO4S/c1-2-3-8-15(13,14)10-7-5-4-6-9(11)12/h10H,2-8H2,1H3,(H,11,12). The van der Waals surface area contributed by atoms with Crippen LogP contribution in [0.5, 0.6) is 0 Å². The van der Waals surface area contributed by atoms with Crippen LogP contribution < -0.4 is 4.72 Å². The molecular formula is C9H19NO4S. The van der Waals surface area contributed by atoms with Crippen LogP contribution in [0, 0.1) is 0 Å². The monoisotopic (exact) mass is 237 g/mol. The molecule has 0 aliphatic rings. The third-order valence-corrected chi connectivity index (χ3v) is 3.38. The quantitative estimate of drug-likeness (QED) is 0.585. The molecule has 0 atom stereocenters. The molecule has 0 aromatic rings. The number of carbonyl (C=O) groups is 1. The van der Waals surface area contributed by atoms with E-state index in [0.29, 0.717) is 25.8 Å². The fourth-order valence-corrected chi connectivity index (χ4v) is 2.30. The summed E-state index contributed by atoms with van der Waals surface area (Å²) in [6, 6.07) is 0. The molecule has 0 aromatic carbocycles. The molecule has 0 amide bonds. The second-order valence-corrected chi connectivity index (χ2v) is 5.34. The Kier molecular flexibility index (Phi) is 7.33. The predicted molar refractivity (Wildman–Crippen MR) is 58.2 cm³/mol. The molecule has 5 nitrogen and oxygen atoms in total. The molecule has 0 aliphatic carbocycles. The number of hydrogen-bond donors (Lipinski definition) is 2. The van der Waals surface area contributed by atoms with Crippen LogP contribution in [0.15, 0.2) is 0 Å². The number of hydrogen-bond acceptors (Lipinski definition) is 3. The van der Waals surface area contributed by atoms with Gasteiger partial charge in [0.2, 0.25) is 10.0 Å². The minimum Gasteiger partial charge on any atom is -0.481 e. The maximum atomic E-state index is 11.3. The Morgan fingerprint density at radius 3 is 2.47 bits per heavy atom. The highest BCUT2D eigenvalue weighted by Crippen LogP contribution is 1.97. The smallest absolute Gasteiger partial charge is 0.303 e. The largest absolute Gasteiger partial charge is 0.481 e. The normalized spacial score (nSPS) is 11.5. The molecule has 0 aliphatic heterocycles. The van der Waals surface area contributed by atoms with E-state index in [9.17, 15) is 13.2 Å². The van der Waals surface area contributed by atoms with E-state index in [2.05, 4.69) is 4.72 Å². The first-order valence-corrected chi connectivity index (χ1v) is 6.82. The summed E-state index contributed by atoms with van der Waals surface area (Å²) in [6.45, 7) is 2.27. The van der Waals surface area contributed by atoms with Gasteiger partial charge in [-0.2, -0.15) is 0 Å². The molecule has 0 saturated heterocycles. The molecule has 0 bridgehead atoms. The van der Waals surface area contributed by atoms with Gasteiger partial charge < -0.3 is 5.11 Å². The Morgan fingerprint density at radius 1 is 1.27 bits per heavy atom. The Labute approximate surface area is 90.9 Å². The van der Waals surface area contributed by atoms with Crippen LogP contribution >= 0.6 is 0 Å². The van der Waals surface area contributed by atoms with Gasteiger partial charge in [-0.05, 0) is 19.3 Å². The van der Waals surface area contributed by atoms with Gasteiger partial charge in [0.05, 0.1) is 5.75 Å². The predicted octanol–water partition coefficient (Wildman–Crippen LogP) is 0.961. The van der Waals surface area contributed by atoms with Gasteiger partial charge in [-0.15, -0.1) is 0 Å². The van der Waals surface area contributed by atoms with Gasteiger partial charge in [0, 0.05) is 13.0 Å². The molecule has 0 rings (SSSR count). The lowest BCUT2D eigenvalue weighted by Gasteiger charge is -2.04. The Hall–Kier alpha value is -0.620. The number of rotatable bonds is 9. The van der Waals surface area contributed by atoms with Gasteiger partial charge in [-0.25, -0.2) is 13.1 Å². The average Bonchev–Trinajstić information content (AvgIpc) is 2.14. The van der Waals surface area contributed by atoms with E-state index in [1.165, 1.54) is 0 Å². The zero-order valence-electron chi connectivity index (χ0n) is 9.03. The summed E-state index contributed by atoms with van der Waals surface area (Å²) in [7, 11) is -3.14. The van der Waals surface area contributed by atoms with Crippen molar-refractivity contribution in [3.63, 3.8) is 0 Å². The zero-order chi connectivity index (χ0) is 11.7. The van der Waals surface area contributed by atoms with Crippen molar-refractivity contribution in [1.29, 1.82) is 0 Å². The fourth-order valence-electron chi connectivity index (χ4n) is 1.04. The summed E-state index contributed by atoms with van der Waals surface area (Å²) in [4.78, 5) is 10.2. The van der Waals surface area contributed by atoms with Crippen molar-refractivity contribution < 1.29 is 18.3 Å². The van der Waals surface area contributed by atoms with Crippen molar-refractivity contribution in [3.8, 4) is 0 Å². The second kappa shape index (κ2) is 7.64. The van der Waals surface area contributed by atoms with E-state index in [1.54, 1.807) is 0 Å². The van der Waals surface area contributed by atoms with Gasteiger partial charge in [0.25, 0.3) is 0 Å². The highest BCUT2D eigenvalue weighted by atomic mass is 32.2. The SMILES string of the molecule is CCCCS(=O)(=O)NCCCCC(=O)O. The summed E-state index contributed by atoms with van der Waals surface area (Å²) < 4.78 is 25.0. The third kappa shape index (κ3) is 9.68. The maximum absolute atomic E-state index is 11.3. The van der Waals surface area contributed by atoms with Crippen LogP contribution in [0.25, 0.3) is 0 Å². The highest BCUT2D eigenvalue weighted by molar-refractivity contribution is 7.89. The lowest BCUT2D eigenvalue weighted by atomic mass is 10.2. The number of unbranched alkanes of at least 4 members (excludes halogenated alkanes) is 2. The van der Waals surface area contributed by atoms with Crippen LogP contribution in [-0.4, -0.2) is 31.8 Å². The van der Waals surface area contributed by atoms with Crippen molar-refractivity contribution in [2.45, 2.75) is 39.0 Å². The van der Waals surface area contributed by atoms with E-state index in [0.717, 1.165) is 6.42 Å². The molecule has 0 saturated carbocycles. The van der Waals surface area contributed by atoms with Crippen molar-refractivity contribution in [2.75, 3.05) is 12.3 Å². The van der Waals surface area contributed by atoms with E-state index in [-0.39, 0.29) is 12.2 Å². The summed E-state index contributed by atoms with van der Waals surface area (Å²) in [5, 5.41) is 8.35. The molecule has 0 aromatic heterocycles. The summed E-state index contributed by atoms with van der Waals surface area (Å²) in [5.41, 5.74) is 0. The molecular weight excluding hydrogens is 218 g/mol. The Bertz CT molecular complexity index is 274. The van der Waals surface area contributed by atoms with Gasteiger partial charge >= 0.3 is 5.97 Å². The average molecular weight is 237 g/mol. The lowest BCUT2D eigenvalue weighted by Crippen LogP contribution is -2.27. The number of aliphatic carboxylic acids is 1. The van der Waals surface area contributed by atoms with E-state index >= 15 is 0 Å². The van der Waals surface area contributed by atoms with Gasteiger partial charge in [-0.1, -0.05) is 13.3 Å². The van der Waals surface area contributed by atoms with Crippen LogP contribution in [-0.2, 0) is 14.8 Å². The van der Waals surface area contributed by atoms with Crippen LogP contribution in [0.2, 0.25) is 0 Å². The van der Waals surface area contributed by atoms with Crippen LogP contribution in [0.4, 0.5) is 0 Å². The van der Waals surface area contributed by atoms with Crippen molar-refractivity contribution in [3.05, 3.63) is 0 Å². The number of nitrogens with one attached hydrogen (secondary N) is 1. The maximum Gasteiger partial charge on any atom is 0.303 e. The van der Waals surface area contributed by atoms with Gasteiger partial charge in [0.15, 0.2) is 0 Å². The first-order chi connectivity index (χ1) is 6.98. The fraction of sp³-hybridized carbons (Fsp3) is 0.889. The van der Waals surface area contributed by atoms with Crippen LogP contribution in [0.3, 0.4) is 0 Å². The molecule has 0 heterocycles. The number of carboxylic acids is 1. The second-order valence-electron chi connectivity index (χ2n) is 3.42. The first kappa shape index (κ1) is 14.4. The minimum absolute atomic E-state index is 0.0939. The molecule has 0 spiro atoms. The van der Waals surface area contributed by atoms with Crippen molar-refractivity contribution >= 4 is 16.0 Å².